The number of imidazole rings is 1. The monoisotopic (exact) mass is 418 g/mol. The highest BCUT2D eigenvalue weighted by Crippen LogP contribution is 2.22. The Kier molecular flexibility index (Phi) is 6.26. The van der Waals surface area contributed by atoms with Crippen molar-refractivity contribution >= 4 is 38.8 Å². The number of hydrogen-bond donors (Lipinski definition) is 0. The van der Waals surface area contributed by atoms with Crippen molar-refractivity contribution in [1.29, 1.82) is 0 Å². The number of aromatic nitrogens is 2. The van der Waals surface area contributed by atoms with Gasteiger partial charge in [-0.25, -0.2) is 13.3 Å². The van der Waals surface area contributed by atoms with Gasteiger partial charge >= 0.3 is 16.3 Å². The molecule has 0 atom stereocenters. The van der Waals surface area contributed by atoms with Gasteiger partial charge in [0, 0.05) is 24.4 Å². The van der Waals surface area contributed by atoms with Crippen LogP contribution < -0.4 is 9.47 Å². The summed E-state index contributed by atoms with van der Waals surface area (Å²) in [6.45, 7) is 0.376. The van der Waals surface area contributed by atoms with Crippen LogP contribution in [0.3, 0.4) is 0 Å². The van der Waals surface area contributed by atoms with Gasteiger partial charge in [-0.3, -0.25) is 4.18 Å². The molecule has 0 aliphatic heterocycles. The highest BCUT2D eigenvalue weighted by atomic mass is 32.3. The van der Waals surface area contributed by atoms with Gasteiger partial charge in [-0.1, -0.05) is 17.2 Å². The van der Waals surface area contributed by atoms with Crippen molar-refractivity contribution in [2.24, 2.45) is 24.3 Å². The summed E-state index contributed by atoms with van der Waals surface area (Å²) in [5.74, 6) is 0.740. The van der Waals surface area contributed by atoms with Crippen LogP contribution in [0.4, 0.5) is 17.3 Å². The maximum Gasteiger partial charge on any atom is 0.422 e. The number of benzene rings is 2. The molecule has 0 saturated heterocycles. The van der Waals surface area contributed by atoms with Gasteiger partial charge in [-0.2, -0.15) is 8.42 Å². The Labute approximate surface area is 170 Å². The Morgan fingerprint density at radius 3 is 2.45 bits per heavy atom. The van der Waals surface area contributed by atoms with E-state index in [1.54, 1.807) is 0 Å². The second-order valence-electron chi connectivity index (χ2n) is 6.44. The molecular formula is C19H24N5O4S+. The maximum absolute atomic E-state index is 11.2. The first-order valence-corrected chi connectivity index (χ1v) is 10.3. The fourth-order valence-corrected chi connectivity index (χ4v) is 3.31. The van der Waals surface area contributed by atoms with Gasteiger partial charge in [0.15, 0.2) is 0 Å². The van der Waals surface area contributed by atoms with Crippen molar-refractivity contribution in [2.45, 2.75) is 0 Å². The third-order valence-electron chi connectivity index (χ3n) is 4.61. The lowest BCUT2D eigenvalue weighted by atomic mass is 10.2. The summed E-state index contributed by atoms with van der Waals surface area (Å²) in [5, 5.41) is 8.75. The molecule has 29 heavy (non-hydrogen) atoms. The summed E-state index contributed by atoms with van der Waals surface area (Å²) in [7, 11) is 2.91. The van der Waals surface area contributed by atoms with Crippen molar-refractivity contribution in [3.8, 4) is 0 Å². The van der Waals surface area contributed by atoms with Crippen LogP contribution in [0.25, 0.3) is 11.0 Å². The van der Waals surface area contributed by atoms with Gasteiger partial charge < -0.3 is 4.90 Å². The molecule has 0 aliphatic carbocycles. The lowest BCUT2D eigenvalue weighted by Crippen LogP contribution is -2.26. The Hall–Kier alpha value is -2.82. The molecule has 3 rings (SSSR count). The molecule has 9 nitrogen and oxygen atoms in total. The minimum atomic E-state index is -3.91. The van der Waals surface area contributed by atoms with E-state index in [2.05, 4.69) is 14.4 Å². The largest absolute Gasteiger partial charge is 0.422 e. The molecule has 1 heterocycles. The molecular weight excluding hydrogens is 394 g/mol. The quantitative estimate of drug-likeness (QED) is 0.415. The Bertz CT molecular complexity index is 1080. The van der Waals surface area contributed by atoms with Crippen molar-refractivity contribution in [2.75, 3.05) is 32.2 Å². The minimum Gasteiger partial charge on any atom is -0.372 e. The van der Waals surface area contributed by atoms with E-state index >= 15 is 0 Å². The molecule has 0 spiro atoms. The van der Waals surface area contributed by atoms with Crippen LogP contribution in [0.15, 0.2) is 58.8 Å². The summed E-state index contributed by atoms with van der Waals surface area (Å²) < 4.78 is 35.3. The lowest BCUT2D eigenvalue weighted by molar-refractivity contribution is -0.632. The SMILES string of the molecule is COS(=O)(=O)OCCN(C)c1ccc(N=Nc2n(C)c3ccccc3[n+]2C)cc1. The zero-order chi connectivity index (χ0) is 21.0. The maximum atomic E-state index is 11.2. The summed E-state index contributed by atoms with van der Waals surface area (Å²) in [4.78, 5) is 1.87. The first-order chi connectivity index (χ1) is 13.8. The molecule has 0 unspecified atom stereocenters. The number of likely N-dealkylation sites (N-methyl/N-ethyl adjacent to an activating group) is 1. The van der Waals surface area contributed by atoms with Crippen LogP contribution in [0, 0.1) is 0 Å². The molecule has 10 heteroatoms. The number of azo groups is 1. The molecule has 0 saturated carbocycles. The van der Waals surface area contributed by atoms with Crippen LogP contribution in [0.2, 0.25) is 0 Å². The lowest BCUT2D eigenvalue weighted by Gasteiger charge is -2.18. The highest BCUT2D eigenvalue weighted by Gasteiger charge is 2.18. The third kappa shape index (κ3) is 4.78. The summed E-state index contributed by atoms with van der Waals surface area (Å²) in [6.07, 6.45) is 0. The Morgan fingerprint density at radius 1 is 1.10 bits per heavy atom. The van der Waals surface area contributed by atoms with Gasteiger partial charge in [0.05, 0.1) is 27.8 Å². The molecule has 3 aromatic rings. The normalized spacial score (nSPS) is 12.1. The number of rotatable bonds is 8. The van der Waals surface area contributed by atoms with Gasteiger partial charge in [0.2, 0.25) is 0 Å². The molecule has 2 aromatic carbocycles. The van der Waals surface area contributed by atoms with Gasteiger partial charge in [-0.15, -0.1) is 0 Å². The summed E-state index contributed by atoms with van der Waals surface area (Å²) in [5.41, 5.74) is 3.78. The zero-order valence-corrected chi connectivity index (χ0v) is 17.6. The fourth-order valence-electron chi connectivity index (χ4n) is 2.94. The van der Waals surface area contributed by atoms with E-state index in [0.29, 0.717) is 12.2 Å². The molecule has 154 valence electrons. The Balaban J connectivity index is 1.68. The minimum absolute atomic E-state index is 0.00825. The van der Waals surface area contributed by atoms with Gasteiger partial charge in [-0.05, 0) is 36.4 Å². The highest BCUT2D eigenvalue weighted by molar-refractivity contribution is 7.81. The molecule has 1 aromatic heterocycles. The van der Waals surface area contributed by atoms with Crippen molar-refractivity contribution in [3.05, 3.63) is 48.5 Å². The molecule has 0 radical (unpaired) electrons. The number of para-hydroxylation sites is 2. The molecule has 0 amide bonds. The topological polar surface area (TPSA) is 89.4 Å². The van der Waals surface area contributed by atoms with Crippen LogP contribution in [-0.2, 0) is 32.9 Å². The molecule has 0 fully saturated rings. The van der Waals surface area contributed by atoms with Crippen LogP contribution >= 0.6 is 0 Å². The zero-order valence-electron chi connectivity index (χ0n) is 16.8. The van der Waals surface area contributed by atoms with Crippen LogP contribution in [0.5, 0.6) is 0 Å². The van der Waals surface area contributed by atoms with E-state index in [4.69, 9.17) is 4.18 Å². The number of fused-ring (bicyclic) bond motifs is 1. The van der Waals surface area contributed by atoms with E-state index in [9.17, 15) is 8.42 Å². The number of aryl methyl sites for hydroxylation is 2. The number of hydrogen-bond acceptors (Lipinski definition) is 7. The summed E-state index contributed by atoms with van der Waals surface area (Å²) in [6, 6.07) is 15.6. The first-order valence-electron chi connectivity index (χ1n) is 8.94. The van der Waals surface area contributed by atoms with E-state index in [1.165, 1.54) is 0 Å². The van der Waals surface area contributed by atoms with E-state index in [0.717, 1.165) is 29.8 Å². The van der Waals surface area contributed by atoms with Crippen LogP contribution in [-0.4, -0.2) is 40.3 Å². The second kappa shape index (κ2) is 8.68. The van der Waals surface area contributed by atoms with Crippen LogP contribution in [0.1, 0.15) is 0 Å². The van der Waals surface area contributed by atoms with Crippen molar-refractivity contribution in [1.82, 2.24) is 4.57 Å². The second-order valence-corrected chi connectivity index (χ2v) is 7.83. The summed E-state index contributed by atoms with van der Waals surface area (Å²) >= 11 is 0. The predicted molar refractivity (Wildman–Crippen MR) is 110 cm³/mol. The Morgan fingerprint density at radius 2 is 1.79 bits per heavy atom. The fraction of sp³-hybridized carbons (Fsp3) is 0.316. The van der Waals surface area contributed by atoms with Crippen molar-refractivity contribution < 1.29 is 21.4 Å². The molecule has 0 bridgehead atoms. The molecule has 0 N–H and O–H groups in total. The average molecular weight is 418 g/mol. The standard InChI is InChI=1S/C19H24N5O4S/c1-22(13-14-28-29(25,26)27-4)16-11-9-15(10-12-16)20-21-19-23(2)17-7-5-6-8-18(17)24(19)3/h5-12H,13-14H2,1-4H3/q+1. The third-order valence-corrected chi connectivity index (χ3v) is 5.47. The van der Waals surface area contributed by atoms with Gasteiger partial charge in [0.25, 0.3) is 0 Å². The smallest absolute Gasteiger partial charge is 0.372 e. The number of anilines is 1. The van der Waals surface area contributed by atoms with E-state index in [1.807, 2.05) is 83.7 Å². The van der Waals surface area contributed by atoms with Crippen molar-refractivity contribution in [3.63, 3.8) is 0 Å². The number of nitrogens with zero attached hydrogens (tertiary/aromatic N) is 5. The van der Waals surface area contributed by atoms with E-state index < -0.39 is 10.4 Å². The molecule has 0 aliphatic rings. The predicted octanol–water partition coefficient (Wildman–Crippen LogP) is 2.76. The van der Waals surface area contributed by atoms with Gasteiger partial charge in [0.1, 0.15) is 16.7 Å². The van der Waals surface area contributed by atoms with E-state index in [-0.39, 0.29) is 6.61 Å². The first kappa shape index (κ1) is 20.9. The average Bonchev–Trinajstić information content (AvgIpc) is 2.97.